The van der Waals surface area contributed by atoms with Crippen LogP contribution in [-0.2, 0) is 4.79 Å². The Labute approximate surface area is 124 Å². The van der Waals surface area contributed by atoms with E-state index >= 15 is 0 Å². The summed E-state index contributed by atoms with van der Waals surface area (Å²) in [5.74, 6) is 0.318. The van der Waals surface area contributed by atoms with Gasteiger partial charge in [0.1, 0.15) is 5.75 Å². The number of ether oxygens (including phenoxy) is 1. The summed E-state index contributed by atoms with van der Waals surface area (Å²) >= 11 is 11.8. The number of nitrogens with one attached hydrogen (secondary N) is 1. The maximum Gasteiger partial charge on any atom is 0.260 e. The maximum atomic E-state index is 11.9. The molecule has 0 fully saturated rings. The Balaban J connectivity index is 2.63. The molecule has 0 radical (unpaired) electrons. The van der Waals surface area contributed by atoms with Gasteiger partial charge >= 0.3 is 0 Å². The Bertz CT molecular complexity index is 433. The lowest BCUT2D eigenvalue weighted by Gasteiger charge is -2.19. The molecule has 106 valence electrons. The average Bonchev–Trinajstić information content (AvgIpc) is 2.38. The van der Waals surface area contributed by atoms with Crippen molar-refractivity contribution in [2.75, 3.05) is 0 Å². The predicted octanol–water partition coefficient (Wildman–Crippen LogP) is 4.07. The molecule has 1 aromatic rings. The SMILES string of the molecule is CCC(CC)NC(=O)C(C)Oc1ccc(Cl)cc1Cl. The monoisotopic (exact) mass is 303 g/mol. The number of hydrogen-bond donors (Lipinski definition) is 1. The third-order valence-electron chi connectivity index (χ3n) is 2.90. The highest BCUT2D eigenvalue weighted by molar-refractivity contribution is 6.35. The molecule has 1 amide bonds. The lowest BCUT2D eigenvalue weighted by Crippen LogP contribution is -2.42. The normalized spacial score (nSPS) is 12.3. The highest BCUT2D eigenvalue weighted by atomic mass is 35.5. The quantitative estimate of drug-likeness (QED) is 0.860. The summed E-state index contributed by atoms with van der Waals surface area (Å²) in [6, 6.07) is 5.10. The van der Waals surface area contributed by atoms with Gasteiger partial charge in [0.05, 0.1) is 5.02 Å². The summed E-state index contributed by atoms with van der Waals surface area (Å²) in [5, 5.41) is 3.87. The van der Waals surface area contributed by atoms with Crippen LogP contribution in [0.25, 0.3) is 0 Å². The van der Waals surface area contributed by atoms with E-state index in [9.17, 15) is 4.79 Å². The molecule has 1 atom stereocenters. The molecular formula is C14H19Cl2NO2. The number of carbonyl (C=O) groups excluding carboxylic acids is 1. The first kappa shape index (κ1) is 16.1. The number of carbonyl (C=O) groups is 1. The lowest BCUT2D eigenvalue weighted by atomic mass is 10.1. The summed E-state index contributed by atoms with van der Waals surface area (Å²) in [6.45, 7) is 5.77. The molecule has 0 saturated heterocycles. The van der Waals surface area contributed by atoms with Crippen molar-refractivity contribution in [3.63, 3.8) is 0 Å². The largest absolute Gasteiger partial charge is 0.479 e. The van der Waals surface area contributed by atoms with Crippen molar-refractivity contribution in [1.29, 1.82) is 0 Å². The molecule has 0 heterocycles. The van der Waals surface area contributed by atoms with Crippen LogP contribution < -0.4 is 10.1 Å². The van der Waals surface area contributed by atoms with Crippen LogP contribution in [0.15, 0.2) is 18.2 Å². The van der Waals surface area contributed by atoms with Crippen LogP contribution in [0.3, 0.4) is 0 Å². The number of amides is 1. The zero-order valence-electron chi connectivity index (χ0n) is 11.4. The Kier molecular flexibility index (Phi) is 6.46. The third kappa shape index (κ3) is 4.92. The first-order chi connectivity index (χ1) is 8.97. The van der Waals surface area contributed by atoms with E-state index in [0.717, 1.165) is 12.8 Å². The van der Waals surface area contributed by atoms with Crippen molar-refractivity contribution in [3.8, 4) is 5.75 Å². The molecule has 19 heavy (non-hydrogen) atoms. The fourth-order valence-electron chi connectivity index (χ4n) is 1.63. The highest BCUT2D eigenvalue weighted by Crippen LogP contribution is 2.28. The van der Waals surface area contributed by atoms with E-state index in [0.29, 0.717) is 15.8 Å². The van der Waals surface area contributed by atoms with Crippen molar-refractivity contribution in [3.05, 3.63) is 28.2 Å². The summed E-state index contributed by atoms with van der Waals surface area (Å²) in [5.41, 5.74) is 0. The van der Waals surface area contributed by atoms with Gasteiger partial charge < -0.3 is 10.1 Å². The van der Waals surface area contributed by atoms with E-state index in [-0.39, 0.29) is 11.9 Å². The van der Waals surface area contributed by atoms with Gasteiger partial charge in [-0.15, -0.1) is 0 Å². The van der Waals surface area contributed by atoms with E-state index in [1.807, 2.05) is 13.8 Å². The van der Waals surface area contributed by atoms with Gasteiger partial charge in [-0.1, -0.05) is 37.0 Å². The molecule has 3 nitrogen and oxygen atoms in total. The van der Waals surface area contributed by atoms with Crippen LogP contribution in [0.4, 0.5) is 0 Å². The van der Waals surface area contributed by atoms with Crippen LogP contribution in [0.2, 0.25) is 10.0 Å². The first-order valence-electron chi connectivity index (χ1n) is 6.40. The minimum absolute atomic E-state index is 0.139. The lowest BCUT2D eigenvalue weighted by molar-refractivity contribution is -0.128. The van der Waals surface area contributed by atoms with Crippen LogP contribution >= 0.6 is 23.2 Å². The van der Waals surface area contributed by atoms with Gasteiger partial charge in [-0.3, -0.25) is 4.79 Å². The molecule has 0 saturated carbocycles. The van der Waals surface area contributed by atoms with E-state index in [2.05, 4.69) is 5.32 Å². The fourth-order valence-corrected chi connectivity index (χ4v) is 2.08. The van der Waals surface area contributed by atoms with Crippen LogP contribution in [0, 0.1) is 0 Å². The molecule has 5 heteroatoms. The molecule has 0 bridgehead atoms. The molecule has 1 aromatic carbocycles. The number of benzene rings is 1. The van der Waals surface area contributed by atoms with Crippen molar-refractivity contribution in [2.45, 2.75) is 45.8 Å². The predicted molar refractivity (Wildman–Crippen MR) is 79.1 cm³/mol. The average molecular weight is 304 g/mol. The first-order valence-corrected chi connectivity index (χ1v) is 7.15. The van der Waals surface area contributed by atoms with Gasteiger partial charge in [0, 0.05) is 11.1 Å². The Hall–Kier alpha value is -0.930. The van der Waals surface area contributed by atoms with Crippen LogP contribution in [0.5, 0.6) is 5.75 Å². The molecule has 1 rings (SSSR count). The third-order valence-corrected chi connectivity index (χ3v) is 3.43. The Morgan fingerprint density at radius 2 is 1.95 bits per heavy atom. The number of halogens is 2. The van der Waals surface area contributed by atoms with Crippen LogP contribution in [0.1, 0.15) is 33.6 Å². The van der Waals surface area contributed by atoms with Gasteiger partial charge in [-0.2, -0.15) is 0 Å². The second-order valence-electron chi connectivity index (χ2n) is 4.36. The maximum absolute atomic E-state index is 11.9. The molecule has 0 aliphatic rings. The van der Waals surface area contributed by atoms with Gasteiger partial charge in [0.2, 0.25) is 0 Å². The Morgan fingerprint density at radius 3 is 2.47 bits per heavy atom. The second kappa shape index (κ2) is 7.61. The van der Waals surface area contributed by atoms with Gasteiger partial charge in [-0.05, 0) is 38.0 Å². The second-order valence-corrected chi connectivity index (χ2v) is 5.20. The van der Waals surface area contributed by atoms with E-state index in [1.165, 1.54) is 0 Å². The van der Waals surface area contributed by atoms with E-state index < -0.39 is 6.10 Å². The molecule has 0 aliphatic carbocycles. The number of rotatable bonds is 6. The molecule has 0 aromatic heterocycles. The summed E-state index contributed by atoms with van der Waals surface area (Å²) in [4.78, 5) is 11.9. The molecule has 1 N–H and O–H groups in total. The van der Waals surface area contributed by atoms with Crippen LogP contribution in [-0.4, -0.2) is 18.1 Å². The van der Waals surface area contributed by atoms with Gasteiger partial charge in [-0.25, -0.2) is 0 Å². The minimum Gasteiger partial charge on any atom is -0.479 e. The summed E-state index contributed by atoms with van der Waals surface area (Å²) in [6.07, 6.45) is 1.20. The standard InChI is InChI=1S/C14H19Cl2NO2/c1-4-11(5-2)17-14(18)9(3)19-13-7-6-10(15)8-12(13)16/h6-9,11H,4-5H2,1-3H3,(H,17,18). The zero-order valence-corrected chi connectivity index (χ0v) is 12.9. The number of hydrogen-bond acceptors (Lipinski definition) is 2. The van der Waals surface area contributed by atoms with Gasteiger partial charge in [0.25, 0.3) is 5.91 Å². The molecular weight excluding hydrogens is 285 g/mol. The molecule has 0 aliphatic heterocycles. The van der Waals surface area contributed by atoms with E-state index in [4.69, 9.17) is 27.9 Å². The Morgan fingerprint density at radius 1 is 1.32 bits per heavy atom. The van der Waals surface area contributed by atoms with Crippen molar-refractivity contribution >= 4 is 29.1 Å². The fraction of sp³-hybridized carbons (Fsp3) is 0.500. The molecule has 0 spiro atoms. The highest BCUT2D eigenvalue weighted by Gasteiger charge is 2.18. The van der Waals surface area contributed by atoms with E-state index in [1.54, 1.807) is 25.1 Å². The zero-order chi connectivity index (χ0) is 14.4. The smallest absolute Gasteiger partial charge is 0.260 e. The van der Waals surface area contributed by atoms with Crippen molar-refractivity contribution < 1.29 is 9.53 Å². The van der Waals surface area contributed by atoms with Gasteiger partial charge in [0.15, 0.2) is 6.10 Å². The molecule has 1 unspecified atom stereocenters. The summed E-state index contributed by atoms with van der Waals surface area (Å²) in [7, 11) is 0. The summed E-state index contributed by atoms with van der Waals surface area (Å²) < 4.78 is 5.55. The minimum atomic E-state index is -0.598. The topological polar surface area (TPSA) is 38.3 Å². The van der Waals surface area contributed by atoms with Crippen molar-refractivity contribution in [1.82, 2.24) is 5.32 Å². The van der Waals surface area contributed by atoms with Crippen molar-refractivity contribution in [2.24, 2.45) is 0 Å².